The van der Waals surface area contributed by atoms with E-state index in [4.69, 9.17) is 0 Å². The third-order valence-electron chi connectivity index (χ3n) is 15.8. The molecule has 0 aliphatic heterocycles. The summed E-state index contributed by atoms with van der Waals surface area (Å²) in [7, 11) is 0. The first-order valence-electron chi connectivity index (χ1n) is 19.7. The molecule has 4 aliphatic carbocycles. The van der Waals surface area contributed by atoms with E-state index < -0.39 is 35.0 Å². The van der Waals surface area contributed by atoms with Gasteiger partial charge in [-0.25, -0.2) is 0 Å². The number of aromatic amines is 1. The lowest BCUT2D eigenvalue weighted by atomic mass is 9.49. The minimum Gasteiger partial charge on any atom is -0.481 e. The van der Waals surface area contributed by atoms with Gasteiger partial charge in [-0.05, 0) is 159 Å². The Bertz CT molecular complexity index is 2620. The van der Waals surface area contributed by atoms with Crippen molar-refractivity contribution in [3.63, 3.8) is 0 Å². The third kappa shape index (κ3) is 4.11. The van der Waals surface area contributed by atoms with Crippen molar-refractivity contribution in [1.82, 2.24) is 9.55 Å². The Hall–Kier alpha value is -4.66. The summed E-state index contributed by atoms with van der Waals surface area (Å²) in [5, 5.41) is 47.4. The summed E-state index contributed by atoms with van der Waals surface area (Å²) in [5.41, 5.74) is 7.20. The van der Waals surface area contributed by atoms with E-state index in [1.54, 1.807) is 13.8 Å². The van der Waals surface area contributed by atoms with Gasteiger partial charge in [0.15, 0.2) is 0 Å². The van der Waals surface area contributed by atoms with Gasteiger partial charge in [-0.15, -0.1) is 0 Å². The van der Waals surface area contributed by atoms with Gasteiger partial charge < -0.3 is 30.0 Å². The van der Waals surface area contributed by atoms with Gasteiger partial charge in [0.2, 0.25) is 0 Å². The van der Waals surface area contributed by atoms with E-state index in [2.05, 4.69) is 90.1 Å². The Morgan fingerprint density at radius 2 is 1.19 bits per heavy atom. The highest BCUT2D eigenvalue weighted by molar-refractivity contribution is 6.12. The van der Waals surface area contributed by atoms with Crippen molar-refractivity contribution in [2.24, 2.45) is 22.7 Å². The Labute approximate surface area is 313 Å². The summed E-state index contributed by atoms with van der Waals surface area (Å²) >= 11 is 0. The Balaban J connectivity index is 1.14. The van der Waals surface area contributed by atoms with E-state index in [0.717, 1.165) is 81.4 Å². The summed E-state index contributed by atoms with van der Waals surface area (Å²) in [6, 6.07) is 24.4. The fourth-order valence-corrected chi connectivity index (χ4v) is 12.6. The number of rotatable bonds is 3. The first-order chi connectivity index (χ1) is 25.7. The number of aliphatic hydroxyl groups is 2. The molecule has 0 amide bonds. The maximum Gasteiger partial charge on any atom is 0.312 e. The molecule has 5 N–H and O–H groups in total. The zero-order chi connectivity index (χ0) is 37.7. The predicted octanol–water partition coefficient (Wildman–Crippen LogP) is 8.55. The van der Waals surface area contributed by atoms with Gasteiger partial charge >= 0.3 is 11.9 Å². The summed E-state index contributed by atoms with van der Waals surface area (Å²) < 4.78 is 2.36. The van der Waals surface area contributed by atoms with Crippen LogP contribution in [0.15, 0.2) is 66.7 Å². The van der Waals surface area contributed by atoms with Gasteiger partial charge in [0.1, 0.15) is 0 Å². The predicted molar refractivity (Wildman–Crippen MR) is 210 cm³/mol. The van der Waals surface area contributed by atoms with Crippen molar-refractivity contribution in [3.8, 4) is 5.69 Å². The van der Waals surface area contributed by atoms with Crippen LogP contribution in [-0.2, 0) is 33.3 Å². The zero-order valence-electron chi connectivity index (χ0n) is 31.4. The minimum absolute atomic E-state index is 0.172. The van der Waals surface area contributed by atoms with Crippen LogP contribution in [0.2, 0.25) is 0 Å². The first kappa shape index (κ1) is 33.9. The molecule has 4 aromatic carbocycles. The molecule has 0 spiro atoms. The molecular weight excluding hydrogens is 677 g/mol. The van der Waals surface area contributed by atoms with Gasteiger partial charge in [0, 0.05) is 38.3 Å². The van der Waals surface area contributed by atoms with E-state index in [0.29, 0.717) is 19.3 Å². The van der Waals surface area contributed by atoms with Crippen molar-refractivity contribution in [2.75, 3.05) is 0 Å². The molecular formula is C46H48N2O6. The highest BCUT2D eigenvalue weighted by atomic mass is 16.4. The molecule has 0 bridgehead atoms. The van der Waals surface area contributed by atoms with Crippen molar-refractivity contribution >= 4 is 55.6 Å². The number of carboxylic acid groups (broad SMARTS) is 2. The second-order valence-electron chi connectivity index (χ2n) is 18.1. The second-order valence-corrected chi connectivity index (χ2v) is 18.1. The smallest absolute Gasteiger partial charge is 0.312 e. The number of carboxylic acids is 2. The van der Waals surface area contributed by atoms with Crippen LogP contribution in [0.25, 0.3) is 49.3 Å². The average Bonchev–Trinajstić information content (AvgIpc) is 3.67. The molecule has 2 heterocycles. The number of para-hydroxylation sites is 1. The van der Waals surface area contributed by atoms with Crippen molar-refractivity contribution in [2.45, 2.75) is 102 Å². The van der Waals surface area contributed by atoms with Crippen LogP contribution in [0.4, 0.5) is 0 Å². The third-order valence-corrected chi connectivity index (χ3v) is 15.8. The molecule has 2 saturated carbocycles. The highest BCUT2D eigenvalue weighted by Crippen LogP contribution is 2.59. The lowest BCUT2D eigenvalue weighted by Gasteiger charge is -2.55. The quantitative estimate of drug-likeness (QED) is 0.124. The number of hydrogen-bond donors (Lipinski definition) is 5. The van der Waals surface area contributed by atoms with Gasteiger partial charge in [-0.1, -0.05) is 32.0 Å². The number of carbonyl (C=O) groups is 2. The number of aromatic nitrogens is 2. The molecule has 0 saturated heterocycles. The van der Waals surface area contributed by atoms with E-state index in [-0.39, 0.29) is 22.7 Å². The highest BCUT2D eigenvalue weighted by Gasteiger charge is 2.60. The normalized spacial score (nSPS) is 33.4. The number of aliphatic hydroxyl groups excluding tert-OH is 2. The molecule has 0 unspecified atom stereocenters. The fraction of sp³-hybridized carbons (Fsp3) is 0.435. The monoisotopic (exact) mass is 724 g/mol. The minimum atomic E-state index is -1.20. The van der Waals surface area contributed by atoms with Gasteiger partial charge in [0.05, 0.1) is 34.1 Å². The maximum absolute atomic E-state index is 12.7. The number of aryl methyl sites for hydroxylation is 2. The van der Waals surface area contributed by atoms with Crippen LogP contribution >= 0.6 is 0 Å². The van der Waals surface area contributed by atoms with Crippen LogP contribution in [0.3, 0.4) is 0 Å². The average molecular weight is 725 g/mol. The summed E-state index contributed by atoms with van der Waals surface area (Å²) in [4.78, 5) is 29.1. The van der Waals surface area contributed by atoms with E-state index in [9.17, 15) is 30.0 Å². The van der Waals surface area contributed by atoms with E-state index in [1.165, 1.54) is 22.3 Å². The maximum atomic E-state index is 12.7. The Morgan fingerprint density at radius 3 is 1.80 bits per heavy atom. The van der Waals surface area contributed by atoms with E-state index in [1.807, 2.05) is 0 Å². The number of aliphatic carboxylic acids is 2. The summed E-state index contributed by atoms with van der Waals surface area (Å²) in [5.74, 6) is -2.17. The number of benzene rings is 4. The molecule has 54 heavy (non-hydrogen) atoms. The van der Waals surface area contributed by atoms with Crippen molar-refractivity contribution in [1.29, 1.82) is 0 Å². The topological polar surface area (TPSA) is 136 Å². The van der Waals surface area contributed by atoms with Gasteiger partial charge in [-0.3, -0.25) is 9.59 Å². The van der Waals surface area contributed by atoms with Gasteiger partial charge in [-0.2, -0.15) is 0 Å². The molecule has 4 aliphatic rings. The zero-order valence-corrected chi connectivity index (χ0v) is 31.4. The summed E-state index contributed by atoms with van der Waals surface area (Å²) in [6.07, 6.45) is 3.67. The number of hydrogen-bond acceptors (Lipinski definition) is 4. The molecule has 8 heteroatoms. The van der Waals surface area contributed by atoms with Crippen LogP contribution < -0.4 is 0 Å². The van der Waals surface area contributed by atoms with Crippen molar-refractivity contribution in [3.05, 3.63) is 89.0 Å². The first-order valence-corrected chi connectivity index (χ1v) is 19.7. The van der Waals surface area contributed by atoms with Crippen LogP contribution in [0.5, 0.6) is 0 Å². The number of nitrogens with one attached hydrogen (secondary N) is 1. The summed E-state index contributed by atoms with van der Waals surface area (Å²) in [6.45, 7) is 7.93. The van der Waals surface area contributed by atoms with Crippen LogP contribution in [-0.4, -0.2) is 54.1 Å². The molecule has 278 valence electrons. The number of nitrogens with zero attached hydrogens (tertiary/aromatic N) is 1. The lowest BCUT2D eigenvalue weighted by Crippen LogP contribution is -2.58. The molecule has 10 rings (SSSR count). The van der Waals surface area contributed by atoms with Crippen LogP contribution in [0.1, 0.15) is 88.5 Å². The molecule has 8 atom stereocenters. The molecule has 8 nitrogen and oxygen atoms in total. The standard InChI is InChI=1S/C46H48N2O6/c1-43-17-15-39(49)45(3,41(51)52)37(43)13-9-24-19-34-29(22-31(24)43)28-21-26(11-12-33(28)47-34)48-35-8-6-5-7-27(35)30-23-32-25(20-36(30)48)10-14-38-44(32,2)18-16-40(50)46(38,4)42(53)54/h5-8,11-12,19-23,37-40,47,49-50H,9-10,13-18H2,1-4H3,(H,51,52)(H,53,54)/t37-,38-,39+,40+,43-,44-,45+,46+/m1/s1. The second kappa shape index (κ2) is 11.0. The molecule has 0 radical (unpaired) electrons. The van der Waals surface area contributed by atoms with Crippen LogP contribution in [0, 0.1) is 22.7 Å². The molecule has 2 fully saturated rings. The SMILES string of the molecule is C[C@@]1(C(=O)O)[C@@H](O)CC[C@]2(C)c3cc4c(cc3CC[C@@H]12)[nH]c1ccc(-n2c3ccccc3c3cc5c(cc32)CC[C@H]2[C@](C)(C(=O)O)[C@@H](O)CC[C@]52C)cc14. The molecule has 2 aromatic heterocycles. The lowest BCUT2D eigenvalue weighted by molar-refractivity contribution is -0.172. The largest absolute Gasteiger partial charge is 0.481 e. The number of H-pyrrole nitrogens is 1. The molecule has 6 aromatic rings. The Kier molecular flexibility index (Phi) is 6.89. The number of fused-ring (bicyclic) bond motifs is 12. The fourth-order valence-electron chi connectivity index (χ4n) is 12.6. The van der Waals surface area contributed by atoms with Gasteiger partial charge in [0.25, 0.3) is 0 Å². The Morgan fingerprint density at radius 1 is 0.630 bits per heavy atom. The van der Waals surface area contributed by atoms with Crippen molar-refractivity contribution < 1.29 is 30.0 Å². The van der Waals surface area contributed by atoms with E-state index >= 15 is 0 Å².